The average molecular weight is 688 g/mol. The molecule has 9 aromatic carbocycles. The monoisotopic (exact) mass is 687 g/mol. The fraction of sp³-hybridized carbons (Fsp3) is 0. The van der Waals surface area contributed by atoms with Crippen LogP contribution in [0.25, 0.3) is 115 Å². The summed E-state index contributed by atoms with van der Waals surface area (Å²) in [7, 11) is 0. The fourth-order valence-corrected chi connectivity index (χ4v) is 8.82. The maximum Gasteiger partial charge on any atom is 0.235 e. The molecule has 0 bridgehead atoms. The average Bonchev–Trinajstić information content (AvgIpc) is 3.79. The van der Waals surface area contributed by atoms with E-state index in [1.807, 2.05) is 18.2 Å². The molecule has 4 heteroatoms. The second kappa shape index (κ2) is 11.1. The number of hydrogen-bond donors (Lipinski definition) is 0. The Morgan fingerprint density at radius 3 is 1.76 bits per heavy atom. The van der Waals surface area contributed by atoms with Gasteiger partial charge in [0.2, 0.25) is 5.95 Å². The smallest absolute Gasteiger partial charge is 0.235 e. The molecule has 0 amide bonds. The standard InChI is InChI=1S/C50H29N3O/c1-2-14-30(15-3-1)47-38-21-8-11-23-43(38)51-50(52-47)53-44-24-12-9-22-39(44)46-40(29-42-37-20-10-13-25-45(37)54-49(42)48(46)53)31-26-27-36-34-18-5-4-16-32(34)33-17-6-7-19-35(33)41(36)28-31/h1-29H. The van der Waals surface area contributed by atoms with Crippen molar-refractivity contribution in [2.75, 3.05) is 0 Å². The molecule has 0 aliphatic rings. The van der Waals surface area contributed by atoms with Crippen LogP contribution in [0, 0.1) is 0 Å². The normalized spacial score (nSPS) is 12.1. The molecule has 0 saturated heterocycles. The molecule has 0 atom stereocenters. The summed E-state index contributed by atoms with van der Waals surface area (Å²) in [6.45, 7) is 0. The van der Waals surface area contributed by atoms with Gasteiger partial charge in [-0.3, -0.25) is 4.57 Å². The molecule has 250 valence electrons. The number of benzene rings is 9. The van der Waals surface area contributed by atoms with Crippen LogP contribution in [0.4, 0.5) is 0 Å². The molecule has 0 fully saturated rings. The zero-order valence-electron chi connectivity index (χ0n) is 29.0. The minimum atomic E-state index is 0.605. The Kier molecular flexibility index (Phi) is 6.02. The maximum atomic E-state index is 6.85. The van der Waals surface area contributed by atoms with Crippen molar-refractivity contribution in [3.05, 3.63) is 176 Å². The van der Waals surface area contributed by atoms with Crippen LogP contribution >= 0.6 is 0 Å². The van der Waals surface area contributed by atoms with Crippen LogP contribution in [0.1, 0.15) is 0 Å². The van der Waals surface area contributed by atoms with E-state index in [1.165, 1.54) is 32.3 Å². The number of hydrogen-bond acceptors (Lipinski definition) is 3. The highest BCUT2D eigenvalue weighted by atomic mass is 16.3. The summed E-state index contributed by atoms with van der Waals surface area (Å²) >= 11 is 0. The zero-order chi connectivity index (χ0) is 35.3. The molecule has 0 radical (unpaired) electrons. The SMILES string of the molecule is c1ccc(-c2nc(-n3c4ccccc4c4c(-c5ccc6c7ccccc7c7ccccc7c6c5)cc5c6ccccc6oc5c43)nc3ccccc23)cc1. The number of para-hydroxylation sites is 3. The van der Waals surface area contributed by atoms with Gasteiger partial charge in [-0.25, -0.2) is 9.97 Å². The van der Waals surface area contributed by atoms with Gasteiger partial charge in [-0.2, -0.15) is 0 Å². The van der Waals surface area contributed by atoms with Crippen molar-refractivity contribution >= 4 is 87.0 Å². The summed E-state index contributed by atoms with van der Waals surface area (Å²) in [5.41, 5.74) is 8.76. The van der Waals surface area contributed by atoms with Crippen LogP contribution in [-0.4, -0.2) is 14.5 Å². The zero-order valence-corrected chi connectivity index (χ0v) is 29.0. The minimum Gasteiger partial charge on any atom is -0.454 e. The summed E-state index contributed by atoms with van der Waals surface area (Å²) in [5, 5.41) is 12.9. The Bertz CT molecular complexity index is 3470. The fourth-order valence-electron chi connectivity index (χ4n) is 8.82. The topological polar surface area (TPSA) is 43.9 Å². The first-order valence-corrected chi connectivity index (χ1v) is 18.3. The van der Waals surface area contributed by atoms with Gasteiger partial charge in [0, 0.05) is 32.5 Å². The lowest BCUT2D eigenvalue weighted by molar-refractivity contribution is 0.671. The first kappa shape index (κ1) is 29.3. The van der Waals surface area contributed by atoms with E-state index in [-0.39, 0.29) is 0 Å². The van der Waals surface area contributed by atoms with Crippen LogP contribution in [0.15, 0.2) is 180 Å². The summed E-state index contributed by atoms with van der Waals surface area (Å²) in [6, 6.07) is 62.5. The Morgan fingerprint density at radius 1 is 0.407 bits per heavy atom. The van der Waals surface area contributed by atoms with Gasteiger partial charge in [0.05, 0.1) is 16.7 Å². The van der Waals surface area contributed by atoms with Gasteiger partial charge >= 0.3 is 0 Å². The van der Waals surface area contributed by atoms with Crippen LogP contribution in [0.5, 0.6) is 0 Å². The second-order valence-corrected chi connectivity index (χ2v) is 14.1. The Labute approximate surface area is 309 Å². The summed E-state index contributed by atoms with van der Waals surface area (Å²) in [6.07, 6.45) is 0. The van der Waals surface area contributed by atoms with E-state index in [9.17, 15) is 0 Å². The van der Waals surface area contributed by atoms with Crippen LogP contribution < -0.4 is 0 Å². The predicted octanol–water partition coefficient (Wildman–Crippen LogP) is 13.4. The number of fused-ring (bicyclic) bond motifs is 14. The Balaban J connectivity index is 1.25. The molecular weight excluding hydrogens is 659 g/mol. The van der Waals surface area contributed by atoms with Gasteiger partial charge in [0.1, 0.15) is 11.1 Å². The van der Waals surface area contributed by atoms with Crippen LogP contribution in [0.2, 0.25) is 0 Å². The molecule has 3 aromatic heterocycles. The minimum absolute atomic E-state index is 0.605. The molecule has 0 unspecified atom stereocenters. The molecule has 0 spiro atoms. The molecule has 0 aliphatic carbocycles. The van der Waals surface area contributed by atoms with Gasteiger partial charge in [-0.15, -0.1) is 0 Å². The van der Waals surface area contributed by atoms with E-state index in [4.69, 9.17) is 14.4 Å². The summed E-state index contributed by atoms with van der Waals surface area (Å²) in [5.74, 6) is 0.605. The number of furan rings is 1. The first-order chi connectivity index (χ1) is 26.8. The highest BCUT2D eigenvalue weighted by molar-refractivity contribution is 6.28. The van der Waals surface area contributed by atoms with Crippen LogP contribution in [0.3, 0.4) is 0 Å². The van der Waals surface area contributed by atoms with Crippen molar-refractivity contribution in [2.24, 2.45) is 0 Å². The Morgan fingerprint density at radius 2 is 1.00 bits per heavy atom. The summed E-state index contributed by atoms with van der Waals surface area (Å²) in [4.78, 5) is 10.7. The van der Waals surface area contributed by atoms with Crippen LogP contribution in [-0.2, 0) is 0 Å². The van der Waals surface area contributed by atoms with Crippen molar-refractivity contribution in [1.82, 2.24) is 14.5 Å². The van der Waals surface area contributed by atoms with Crippen molar-refractivity contribution in [3.63, 3.8) is 0 Å². The predicted molar refractivity (Wildman–Crippen MR) is 225 cm³/mol. The van der Waals surface area contributed by atoms with E-state index in [0.29, 0.717) is 5.95 Å². The second-order valence-electron chi connectivity index (χ2n) is 14.1. The highest BCUT2D eigenvalue weighted by Gasteiger charge is 2.25. The molecule has 54 heavy (non-hydrogen) atoms. The molecule has 12 rings (SSSR count). The third kappa shape index (κ3) is 4.08. The lowest BCUT2D eigenvalue weighted by Gasteiger charge is -2.14. The van der Waals surface area contributed by atoms with Gasteiger partial charge in [-0.1, -0.05) is 146 Å². The van der Waals surface area contributed by atoms with Gasteiger partial charge in [0.25, 0.3) is 0 Å². The number of nitrogens with zero attached hydrogens (tertiary/aromatic N) is 3. The van der Waals surface area contributed by atoms with Gasteiger partial charge < -0.3 is 4.42 Å². The third-order valence-corrected chi connectivity index (χ3v) is 11.2. The van der Waals surface area contributed by atoms with Gasteiger partial charge in [0.15, 0.2) is 5.58 Å². The lowest BCUT2D eigenvalue weighted by Crippen LogP contribution is -2.03. The quantitative estimate of drug-likeness (QED) is 0.174. The highest BCUT2D eigenvalue weighted by Crippen LogP contribution is 2.46. The number of aromatic nitrogens is 3. The Hall–Kier alpha value is -7.30. The molecule has 3 heterocycles. The first-order valence-electron chi connectivity index (χ1n) is 18.3. The molecule has 0 aliphatic heterocycles. The summed E-state index contributed by atoms with van der Waals surface area (Å²) < 4.78 is 9.07. The number of rotatable bonds is 3. The van der Waals surface area contributed by atoms with E-state index in [2.05, 4.69) is 162 Å². The van der Waals surface area contributed by atoms with E-state index in [0.717, 1.165) is 77.0 Å². The van der Waals surface area contributed by atoms with E-state index in [1.54, 1.807) is 0 Å². The van der Waals surface area contributed by atoms with E-state index >= 15 is 0 Å². The molecule has 0 N–H and O–H groups in total. The van der Waals surface area contributed by atoms with Crippen molar-refractivity contribution in [3.8, 4) is 28.3 Å². The molecule has 0 saturated carbocycles. The molecule has 12 aromatic rings. The van der Waals surface area contributed by atoms with Crippen molar-refractivity contribution in [1.29, 1.82) is 0 Å². The van der Waals surface area contributed by atoms with Crippen molar-refractivity contribution < 1.29 is 4.42 Å². The third-order valence-electron chi connectivity index (χ3n) is 11.2. The van der Waals surface area contributed by atoms with Crippen molar-refractivity contribution in [2.45, 2.75) is 0 Å². The largest absolute Gasteiger partial charge is 0.454 e. The maximum absolute atomic E-state index is 6.85. The van der Waals surface area contributed by atoms with E-state index < -0.39 is 0 Å². The molecule has 4 nitrogen and oxygen atoms in total. The lowest BCUT2D eigenvalue weighted by atomic mass is 9.90. The van der Waals surface area contributed by atoms with Gasteiger partial charge in [-0.05, 0) is 73.8 Å². The molecular formula is C50H29N3O.